The van der Waals surface area contributed by atoms with Gasteiger partial charge in [-0.1, -0.05) is 18.7 Å². The minimum atomic E-state index is -0.395. The number of anilines is 1. The first kappa shape index (κ1) is 18.0. The van der Waals surface area contributed by atoms with E-state index in [1.807, 2.05) is 29.6 Å². The molecule has 5 nitrogen and oxygen atoms in total. The molecule has 0 amide bonds. The van der Waals surface area contributed by atoms with E-state index >= 15 is 0 Å². The molecule has 0 aliphatic rings. The van der Waals surface area contributed by atoms with Gasteiger partial charge in [-0.3, -0.25) is 0 Å². The number of hydrogen-bond acceptors (Lipinski definition) is 5. The van der Waals surface area contributed by atoms with E-state index in [1.54, 1.807) is 14.0 Å². The summed E-state index contributed by atoms with van der Waals surface area (Å²) >= 11 is 6.53. The monoisotopic (exact) mass is 362 g/mol. The zero-order chi connectivity index (χ0) is 17.5. The Hall–Kier alpha value is -2.38. The minimum absolute atomic E-state index is 0.297. The molecule has 126 valence electrons. The summed E-state index contributed by atoms with van der Waals surface area (Å²) in [5.74, 6) is 0.356. The third-order valence-corrected chi connectivity index (χ3v) is 4.25. The molecular formula is C17H18N2O3S2. The normalized spacial score (nSPS) is 9.92. The van der Waals surface area contributed by atoms with Crippen LogP contribution in [0.5, 0.6) is 5.75 Å². The fourth-order valence-corrected chi connectivity index (χ4v) is 3.28. The Balaban J connectivity index is 2.42. The van der Waals surface area contributed by atoms with Gasteiger partial charge in [0, 0.05) is 10.9 Å². The predicted octanol–water partition coefficient (Wildman–Crippen LogP) is 4.03. The topological polar surface area (TPSA) is 59.6 Å². The molecule has 2 aromatic rings. The molecule has 0 fully saturated rings. The van der Waals surface area contributed by atoms with Crippen LogP contribution in [0.3, 0.4) is 0 Å². The number of thiocarbonyl (C=S) groups is 1. The summed E-state index contributed by atoms with van der Waals surface area (Å²) in [5.41, 5.74) is 2.14. The van der Waals surface area contributed by atoms with E-state index in [0.717, 1.165) is 16.9 Å². The van der Waals surface area contributed by atoms with Crippen LogP contribution in [-0.4, -0.2) is 24.8 Å². The fourth-order valence-electron chi connectivity index (χ4n) is 2.07. The van der Waals surface area contributed by atoms with Crippen LogP contribution in [0.25, 0.3) is 11.1 Å². The smallest absolute Gasteiger partial charge is 0.341 e. The van der Waals surface area contributed by atoms with Gasteiger partial charge in [-0.05, 0) is 43.0 Å². The fraction of sp³-hybridized carbons (Fsp3) is 0.176. The maximum absolute atomic E-state index is 12.4. The second-order valence-electron chi connectivity index (χ2n) is 4.61. The number of hydrogen-bond donors (Lipinski definition) is 2. The Morgan fingerprint density at radius 2 is 2.08 bits per heavy atom. The number of ether oxygens (including phenoxy) is 2. The molecule has 2 rings (SSSR count). The Kier molecular flexibility index (Phi) is 6.34. The van der Waals surface area contributed by atoms with Gasteiger partial charge in [-0.2, -0.15) is 0 Å². The highest BCUT2D eigenvalue weighted by atomic mass is 32.1. The number of methoxy groups -OCH3 is 1. The van der Waals surface area contributed by atoms with E-state index in [9.17, 15) is 4.79 Å². The number of carbonyl (C=O) groups excluding carboxylic acids is 1. The molecule has 1 aromatic carbocycles. The van der Waals surface area contributed by atoms with Gasteiger partial charge < -0.3 is 20.1 Å². The molecule has 0 saturated carbocycles. The number of carbonyl (C=O) groups is 1. The quantitative estimate of drug-likeness (QED) is 0.598. The standard InChI is InChI=1S/C17H18N2O3S2/c1-4-18-17(23)19-15-14(16(20)22-5-2)13(10-24-15)11-6-8-12(21-3)9-7-11/h4,6-10H,1,5H2,2-3H3,(H2,18,19,23). The van der Waals surface area contributed by atoms with E-state index in [1.165, 1.54) is 17.5 Å². The van der Waals surface area contributed by atoms with Gasteiger partial charge in [0.2, 0.25) is 0 Å². The van der Waals surface area contributed by atoms with Crippen molar-refractivity contribution in [3.8, 4) is 16.9 Å². The van der Waals surface area contributed by atoms with E-state index in [0.29, 0.717) is 22.3 Å². The van der Waals surface area contributed by atoms with Gasteiger partial charge in [0.1, 0.15) is 16.3 Å². The summed E-state index contributed by atoms with van der Waals surface area (Å²) in [5, 5.41) is 8.66. The summed E-state index contributed by atoms with van der Waals surface area (Å²) < 4.78 is 10.4. The highest BCUT2D eigenvalue weighted by Crippen LogP contribution is 2.36. The van der Waals surface area contributed by atoms with Crippen LogP contribution >= 0.6 is 23.6 Å². The van der Waals surface area contributed by atoms with E-state index < -0.39 is 5.97 Å². The first-order valence-electron chi connectivity index (χ1n) is 7.22. The largest absolute Gasteiger partial charge is 0.497 e. The van der Waals surface area contributed by atoms with Gasteiger partial charge in [-0.15, -0.1) is 11.3 Å². The van der Waals surface area contributed by atoms with Crippen molar-refractivity contribution in [3.05, 3.63) is 48.0 Å². The van der Waals surface area contributed by atoms with Gasteiger partial charge >= 0.3 is 5.97 Å². The van der Waals surface area contributed by atoms with Crippen molar-refractivity contribution in [3.63, 3.8) is 0 Å². The average Bonchev–Trinajstić information content (AvgIpc) is 2.99. The summed E-state index contributed by atoms with van der Waals surface area (Å²) in [6, 6.07) is 7.49. The van der Waals surface area contributed by atoms with Crippen LogP contribution in [0.1, 0.15) is 17.3 Å². The second-order valence-corrected chi connectivity index (χ2v) is 5.89. The lowest BCUT2D eigenvalue weighted by molar-refractivity contribution is 0.0529. The highest BCUT2D eigenvalue weighted by molar-refractivity contribution is 7.80. The van der Waals surface area contributed by atoms with Crippen LogP contribution in [0.15, 0.2) is 42.4 Å². The molecule has 1 aromatic heterocycles. The van der Waals surface area contributed by atoms with Crippen molar-refractivity contribution in [2.75, 3.05) is 19.0 Å². The van der Waals surface area contributed by atoms with Crippen molar-refractivity contribution >= 4 is 39.6 Å². The minimum Gasteiger partial charge on any atom is -0.497 e. The van der Waals surface area contributed by atoms with Gasteiger partial charge in [0.15, 0.2) is 5.11 Å². The highest BCUT2D eigenvalue weighted by Gasteiger charge is 2.22. The number of thiophene rings is 1. The molecule has 0 unspecified atom stereocenters. The molecule has 0 saturated heterocycles. The molecule has 2 N–H and O–H groups in total. The lowest BCUT2D eigenvalue weighted by atomic mass is 10.0. The van der Waals surface area contributed by atoms with Gasteiger partial charge in [0.25, 0.3) is 0 Å². The predicted molar refractivity (Wildman–Crippen MR) is 102 cm³/mol. The SMILES string of the molecule is C=CNC(=S)Nc1scc(-c2ccc(OC)cc2)c1C(=O)OCC. The number of esters is 1. The van der Waals surface area contributed by atoms with Crippen molar-refractivity contribution in [1.29, 1.82) is 0 Å². The summed E-state index contributed by atoms with van der Waals surface area (Å²) in [6.07, 6.45) is 1.47. The second kappa shape index (κ2) is 8.47. The molecule has 0 aliphatic carbocycles. The first-order valence-corrected chi connectivity index (χ1v) is 8.51. The zero-order valence-corrected chi connectivity index (χ0v) is 15.1. The number of nitrogens with one attached hydrogen (secondary N) is 2. The molecule has 24 heavy (non-hydrogen) atoms. The van der Waals surface area contributed by atoms with Gasteiger partial charge in [0.05, 0.1) is 13.7 Å². The van der Waals surface area contributed by atoms with Gasteiger partial charge in [-0.25, -0.2) is 4.79 Å². The van der Waals surface area contributed by atoms with E-state index in [4.69, 9.17) is 21.7 Å². The lowest BCUT2D eigenvalue weighted by Crippen LogP contribution is -2.23. The average molecular weight is 362 g/mol. The van der Waals surface area contributed by atoms with Crippen molar-refractivity contribution < 1.29 is 14.3 Å². The molecular weight excluding hydrogens is 344 g/mol. The summed E-state index contributed by atoms with van der Waals surface area (Å²) in [7, 11) is 1.61. The van der Waals surface area contributed by atoms with E-state index in [-0.39, 0.29) is 0 Å². The Morgan fingerprint density at radius 1 is 1.38 bits per heavy atom. The number of benzene rings is 1. The van der Waals surface area contributed by atoms with Crippen LogP contribution in [0, 0.1) is 0 Å². The van der Waals surface area contributed by atoms with Crippen molar-refractivity contribution in [1.82, 2.24) is 5.32 Å². The van der Waals surface area contributed by atoms with Crippen molar-refractivity contribution in [2.45, 2.75) is 6.92 Å². The molecule has 0 bridgehead atoms. The molecule has 7 heteroatoms. The molecule has 0 aliphatic heterocycles. The Morgan fingerprint density at radius 3 is 2.67 bits per heavy atom. The first-order chi connectivity index (χ1) is 11.6. The summed E-state index contributed by atoms with van der Waals surface area (Å²) in [6.45, 7) is 5.63. The third-order valence-electron chi connectivity index (χ3n) is 3.13. The Labute approximate surface area is 150 Å². The maximum Gasteiger partial charge on any atom is 0.341 e. The zero-order valence-electron chi connectivity index (χ0n) is 13.4. The molecule has 0 spiro atoms. The van der Waals surface area contributed by atoms with Crippen LogP contribution in [0.4, 0.5) is 5.00 Å². The molecule has 1 heterocycles. The van der Waals surface area contributed by atoms with E-state index in [2.05, 4.69) is 17.2 Å². The van der Waals surface area contributed by atoms with Crippen molar-refractivity contribution in [2.24, 2.45) is 0 Å². The summed E-state index contributed by atoms with van der Waals surface area (Å²) in [4.78, 5) is 12.4. The van der Waals surface area contributed by atoms with Crippen LogP contribution in [-0.2, 0) is 4.74 Å². The lowest BCUT2D eigenvalue weighted by Gasteiger charge is -2.10. The third kappa shape index (κ3) is 4.12. The molecule has 0 radical (unpaired) electrons. The number of rotatable bonds is 6. The van der Waals surface area contributed by atoms with Crippen LogP contribution < -0.4 is 15.4 Å². The maximum atomic E-state index is 12.4. The Bertz CT molecular complexity index is 739. The van der Waals surface area contributed by atoms with Crippen LogP contribution in [0.2, 0.25) is 0 Å². The molecule has 0 atom stereocenters.